The third-order valence-corrected chi connectivity index (χ3v) is 2.86. The minimum atomic E-state index is -0.238. The maximum Gasteiger partial charge on any atom is 0.253 e. The Morgan fingerprint density at radius 1 is 1.47 bits per heavy atom. The molecule has 0 atom stereocenters. The number of nitrogens with two attached hydrogens (primary N) is 1. The number of aryl methyl sites for hydroxylation is 1. The van der Waals surface area contributed by atoms with Crippen molar-refractivity contribution in [3.8, 4) is 5.75 Å². The molecule has 3 N–H and O–H groups in total. The molecule has 0 fully saturated rings. The Bertz CT molecular complexity index is 592. The van der Waals surface area contributed by atoms with Gasteiger partial charge < -0.3 is 15.8 Å². The smallest absolute Gasteiger partial charge is 0.253 e. The van der Waals surface area contributed by atoms with Gasteiger partial charge in [0, 0.05) is 18.9 Å². The number of carbonyl (C=O) groups is 1. The van der Waals surface area contributed by atoms with Gasteiger partial charge in [0.25, 0.3) is 5.91 Å². The van der Waals surface area contributed by atoms with Gasteiger partial charge in [0.1, 0.15) is 5.75 Å². The van der Waals surface area contributed by atoms with Crippen molar-refractivity contribution in [3.05, 3.63) is 41.7 Å². The average Bonchev–Trinajstić information content (AvgIpc) is 2.82. The number of hydrogen-bond acceptors (Lipinski definition) is 4. The molecule has 0 aliphatic heterocycles. The van der Waals surface area contributed by atoms with E-state index in [4.69, 9.17) is 10.5 Å². The van der Waals surface area contributed by atoms with Gasteiger partial charge in [0.2, 0.25) is 0 Å². The molecule has 19 heavy (non-hydrogen) atoms. The van der Waals surface area contributed by atoms with Crippen LogP contribution in [0, 0.1) is 0 Å². The molecule has 100 valence electrons. The Labute approximate surface area is 111 Å². The monoisotopic (exact) mass is 260 g/mol. The third kappa shape index (κ3) is 2.85. The van der Waals surface area contributed by atoms with E-state index in [0.717, 1.165) is 5.69 Å². The number of ether oxygens (including phenoxy) is 1. The Morgan fingerprint density at radius 2 is 2.26 bits per heavy atom. The Hall–Kier alpha value is -2.50. The number of nitrogen functional groups attached to an aromatic ring is 1. The summed E-state index contributed by atoms with van der Waals surface area (Å²) in [6.45, 7) is 0.395. The summed E-state index contributed by atoms with van der Waals surface area (Å²) in [5.74, 6) is 0.359. The molecule has 6 nitrogen and oxygen atoms in total. The molecule has 6 heteroatoms. The molecular formula is C13H16N4O2. The molecule has 1 heterocycles. The molecule has 0 bridgehead atoms. The maximum atomic E-state index is 12.1. The standard InChI is InChI=1S/C13H16N4O2/c1-17-9(5-6-16-17)8-15-13(18)11-7-10(19-2)3-4-12(11)14/h3-7H,8,14H2,1-2H3,(H,15,18). The van der Waals surface area contributed by atoms with Crippen LogP contribution >= 0.6 is 0 Å². The van der Waals surface area contributed by atoms with Crippen molar-refractivity contribution >= 4 is 11.6 Å². The first kappa shape index (κ1) is 12.9. The van der Waals surface area contributed by atoms with E-state index in [0.29, 0.717) is 23.5 Å². The number of carbonyl (C=O) groups excluding carboxylic acids is 1. The van der Waals surface area contributed by atoms with Crippen LogP contribution in [-0.4, -0.2) is 22.8 Å². The summed E-state index contributed by atoms with van der Waals surface area (Å²) < 4.78 is 6.78. The molecule has 0 aliphatic rings. The number of benzene rings is 1. The molecule has 2 rings (SSSR count). The van der Waals surface area contributed by atoms with Crippen LogP contribution in [0.3, 0.4) is 0 Å². The first-order valence-electron chi connectivity index (χ1n) is 5.80. The molecular weight excluding hydrogens is 244 g/mol. The normalized spacial score (nSPS) is 10.2. The van der Waals surface area contributed by atoms with Crippen molar-refractivity contribution in [1.82, 2.24) is 15.1 Å². The molecule has 1 amide bonds. The van der Waals surface area contributed by atoms with E-state index in [2.05, 4.69) is 10.4 Å². The van der Waals surface area contributed by atoms with E-state index >= 15 is 0 Å². The summed E-state index contributed by atoms with van der Waals surface area (Å²) in [6, 6.07) is 6.83. The van der Waals surface area contributed by atoms with Gasteiger partial charge in [-0.15, -0.1) is 0 Å². The van der Waals surface area contributed by atoms with Crippen LogP contribution in [0.5, 0.6) is 5.75 Å². The van der Waals surface area contributed by atoms with Crippen LogP contribution in [0.1, 0.15) is 16.1 Å². The minimum absolute atomic E-state index is 0.238. The second kappa shape index (κ2) is 5.43. The quantitative estimate of drug-likeness (QED) is 0.801. The Morgan fingerprint density at radius 3 is 2.89 bits per heavy atom. The molecule has 0 aliphatic carbocycles. The first-order chi connectivity index (χ1) is 9.11. The van der Waals surface area contributed by atoms with E-state index in [-0.39, 0.29) is 5.91 Å². The van der Waals surface area contributed by atoms with E-state index in [1.165, 1.54) is 0 Å². The molecule has 0 saturated heterocycles. The zero-order valence-electron chi connectivity index (χ0n) is 10.9. The van der Waals surface area contributed by atoms with Crippen LogP contribution < -0.4 is 15.8 Å². The summed E-state index contributed by atoms with van der Waals surface area (Å²) in [4.78, 5) is 12.1. The second-order valence-corrected chi connectivity index (χ2v) is 4.08. The number of nitrogens with one attached hydrogen (secondary N) is 1. The van der Waals surface area contributed by atoms with Crippen molar-refractivity contribution in [2.75, 3.05) is 12.8 Å². The first-order valence-corrected chi connectivity index (χ1v) is 5.80. The van der Waals surface area contributed by atoms with Gasteiger partial charge in [-0.05, 0) is 24.3 Å². The second-order valence-electron chi connectivity index (χ2n) is 4.08. The van der Waals surface area contributed by atoms with E-state index < -0.39 is 0 Å². The van der Waals surface area contributed by atoms with Crippen LogP contribution in [-0.2, 0) is 13.6 Å². The zero-order valence-corrected chi connectivity index (χ0v) is 10.9. The van der Waals surface area contributed by atoms with E-state index in [1.54, 1.807) is 36.2 Å². The lowest BCUT2D eigenvalue weighted by Gasteiger charge is -2.09. The van der Waals surface area contributed by atoms with Crippen LogP contribution in [0.15, 0.2) is 30.5 Å². The van der Waals surface area contributed by atoms with Gasteiger partial charge in [-0.1, -0.05) is 0 Å². The predicted octanol–water partition coefficient (Wildman–Crippen LogP) is 0.941. The van der Waals surface area contributed by atoms with Gasteiger partial charge in [-0.3, -0.25) is 9.48 Å². The molecule has 1 aromatic heterocycles. The number of aromatic nitrogens is 2. The highest BCUT2D eigenvalue weighted by Crippen LogP contribution is 2.19. The van der Waals surface area contributed by atoms with Crippen molar-refractivity contribution in [2.24, 2.45) is 7.05 Å². The highest BCUT2D eigenvalue weighted by atomic mass is 16.5. The van der Waals surface area contributed by atoms with Gasteiger partial charge in [0.05, 0.1) is 24.9 Å². The highest BCUT2D eigenvalue weighted by Gasteiger charge is 2.11. The lowest BCUT2D eigenvalue weighted by Crippen LogP contribution is -2.25. The van der Waals surface area contributed by atoms with Gasteiger partial charge in [-0.2, -0.15) is 5.10 Å². The molecule has 0 unspecified atom stereocenters. The molecule has 0 saturated carbocycles. The summed E-state index contributed by atoms with van der Waals surface area (Å²) in [5, 5.41) is 6.83. The van der Waals surface area contributed by atoms with Crippen LogP contribution in [0.4, 0.5) is 5.69 Å². The number of amides is 1. The number of rotatable bonds is 4. The fraction of sp³-hybridized carbons (Fsp3) is 0.231. The Balaban J connectivity index is 2.10. The SMILES string of the molecule is COc1ccc(N)c(C(=O)NCc2ccnn2C)c1. The Kier molecular flexibility index (Phi) is 3.70. The minimum Gasteiger partial charge on any atom is -0.497 e. The summed E-state index contributed by atoms with van der Waals surface area (Å²) in [5.41, 5.74) is 7.53. The largest absolute Gasteiger partial charge is 0.497 e. The lowest BCUT2D eigenvalue weighted by atomic mass is 10.1. The molecule has 0 spiro atoms. The van der Waals surface area contributed by atoms with Gasteiger partial charge in [-0.25, -0.2) is 0 Å². The maximum absolute atomic E-state index is 12.1. The average molecular weight is 260 g/mol. The van der Waals surface area contributed by atoms with Crippen LogP contribution in [0.25, 0.3) is 0 Å². The van der Waals surface area contributed by atoms with Crippen LogP contribution in [0.2, 0.25) is 0 Å². The van der Waals surface area contributed by atoms with Crippen molar-refractivity contribution < 1.29 is 9.53 Å². The highest BCUT2D eigenvalue weighted by molar-refractivity contribution is 5.99. The summed E-state index contributed by atoms with van der Waals surface area (Å²) >= 11 is 0. The fourth-order valence-electron chi connectivity index (χ4n) is 1.70. The summed E-state index contributed by atoms with van der Waals surface area (Å²) in [7, 11) is 3.37. The number of anilines is 1. The van der Waals surface area contributed by atoms with E-state index in [1.807, 2.05) is 13.1 Å². The lowest BCUT2D eigenvalue weighted by molar-refractivity contribution is 0.0950. The van der Waals surface area contributed by atoms with Crippen molar-refractivity contribution in [1.29, 1.82) is 0 Å². The zero-order chi connectivity index (χ0) is 13.8. The van der Waals surface area contributed by atoms with Crippen molar-refractivity contribution in [3.63, 3.8) is 0 Å². The van der Waals surface area contributed by atoms with Gasteiger partial charge >= 0.3 is 0 Å². The summed E-state index contributed by atoms with van der Waals surface area (Å²) in [6.07, 6.45) is 1.68. The predicted molar refractivity (Wildman–Crippen MR) is 71.8 cm³/mol. The van der Waals surface area contributed by atoms with Gasteiger partial charge in [0.15, 0.2) is 0 Å². The number of hydrogen-bond donors (Lipinski definition) is 2. The number of methoxy groups -OCH3 is 1. The fourth-order valence-corrected chi connectivity index (χ4v) is 1.70. The van der Waals surface area contributed by atoms with E-state index in [9.17, 15) is 4.79 Å². The molecule has 2 aromatic rings. The van der Waals surface area contributed by atoms with Crippen molar-refractivity contribution in [2.45, 2.75) is 6.54 Å². The molecule has 0 radical (unpaired) electrons. The topological polar surface area (TPSA) is 82.2 Å². The molecule has 1 aromatic carbocycles. The third-order valence-electron chi connectivity index (χ3n) is 2.86. The number of nitrogens with zero attached hydrogens (tertiary/aromatic N) is 2.